The van der Waals surface area contributed by atoms with Crippen molar-refractivity contribution in [3.63, 3.8) is 0 Å². The summed E-state index contributed by atoms with van der Waals surface area (Å²) in [6.07, 6.45) is 3.48. The topological polar surface area (TPSA) is 63.5 Å². The van der Waals surface area contributed by atoms with Gasteiger partial charge in [-0.2, -0.15) is 0 Å². The summed E-state index contributed by atoms with van der Waals surface area (Å²) in [5.74, 6) is 1.56. The standard InChI is InChI=1S/C19H21N5O2/c1-22-16-13-15(26-2)5-4-14(16)12-17(22)18(25)23-8-10-24(11-9-23)19-20-6-3-7-21-19/h3-7,12-13H,8-11H2,1-2H3. The number of carbonyl (C=O) groups is 1. The molecule has 0 saturated carbocycles. The molecule has 0 N–H and O–H groups in total. The van der Waals surface area contributed by atoms with Crippen LogP contribution in [0.15, 0.2) is 42.7 Å². The van der Waals surface area contributed by atoms with E-state index in [4.69, 9.17) is 4.74 Å². The first kappa shape index (κ1) is 16.4. The highest BCUT2D eigenvalue weighted by atomic mass is 16.5. The Bertz CT molecular complexity index is 930. The molecule has 1 saturated heterocycles. The third-order valence-electron chi connectivity index (χ3n) is 4.87. The van der Waals surface area contributed by atoms with E-state index in [1.165, 1.54) is 0 Å². The van der Waals surface area contributed by atoms with Crippen molar-refractivity contribution in [3.05, 3.63) is 48.4 Å². The van der Waals surface area contributed by atoms with E-state index in [0.717, 1.165) is 35.7 Å². The highest BCUT2D eigenvalue weighted by molar-refractivity contribution is 5.99. The number of hydrogen-bond donors (Lipinski definition) is 0. The molecule has 7 heteroatoms. The van der Waals surface area contributed by atoms with Gasteiger partial charge in [0, 0.05) is 57.1 Å². The van der Waals surface area contributed by atoms with E-state index in [9.17, 15) is 4.79 Å². The minimum Gasteiger partial charge on any atom is -0.497 e. The molecular weight excluding hydrogens is 330 g/mol. The van der Waals surface area contributed by atoms with Gasteiger partial charge in [0.05, 0.1) is 12.6 Å². The Balaban J connectivity index is 1.52. The van der Waals surface area contributed by atoms with Gasteiger partial charge in [0.25, 0.3) is 5.91 Å². The first-order chi connectivity index (χ1) is 12.7. The van der Waals surface area contributed by atoms with Crippen LogP contribution in [-0.2, 0) is 7.05 Å². The molecule has 0 unspecified atom stereocenters. The van der Waals surface area contributed by atoms with E-state index in [0.29, 0.717) is 18.8 Å². The minimum absolute atomic E-state index is 0.0521. The molecular formula is C19H21N5O2. The molecule has 0 atom stereocenters. The van der Waals surface area contributed by atoms with Gasteiger partial charge in [-0.05, 0) is 24.3 Å². The fourth-order valence-electron chi connectivity index (χ4n) is 3.37. The van der Waals surface area contributed by atoms with Crippen LogP contribution in [0.5, 0.6) is 5.75 Å². The van der Waals surface area contributed by atoms with Gasteiger partial charge in [0.15, 0.2) is 0 Å². The molecule has 3 heterocycles. The van der Waals surface area contributed by atoms with Gasteiger partial charge in [-0.25, -0.2) is 9.97 Å². The Kier molecular flexibility index (Phi) is 4.20. The summed E-state index contributed by atoms with van der Waals surface area (Å²) >= 11 is 0. The molecule has 1 amide bonds. The first-order valence-corrected chi connectivity index (χ1v) is 8.62. The van der Waals surface area contributed by atoms with Crippen LogP contribution in [0.4, 0.5) is 5.95 Å². The zero-order chi connectivity index (χ0) is 18.1. The Morgan fingerprint density at radius 3 is 2.50 bits per heavy atom. The molecule has 134 valence electrons. The van der Waals surface area contributed by atoms with E-state index >= 15 is 0 Å². The number of benzene rings is 1. The predicted molar refractivity (Wildman–Crippen MR) is 99.6 cm³/mol. The Morgan fingerprint density at radius 2 is 1.81 bits per heavy atom. The Morgan fingerprint density at radius 1 is 1.08 bits per heavy atom. The van der Waals surface area contributed by atoms with Gasteiger partial charge in [-0.1, -0.05) is 0 Å². The van der Waals surface area contributed by atoms with Crippen LogP contribution in [-0.4, -0.2) is 58.6 Å². The second kappa shape index (κ2) is 6.67. The van der Waals surface area contributed by atoms with Crippen LogP contribution in [0.25, 0.3) is 10.9 Å². The molecule has 0 bridgehead atoms. The predicted octanol–water partition coefficient (Wildman–Crippen LogP) is 1.94. The third-order valence-corrected chi connectivity index (χ3v) is 4.87. The number of anilines is 1. The number of aromatic nitrogens is 3. The second-order valence-electron chi connectivity index (χ2n) is 6.34. The zero-order valence-electron chi connectivity index (χ0n) is 14.9. The number of nitrogens with zero attached hydrogens (tertiary/aromatic N) is 5. The van der Waals surface area contributed by atoms with Crippen molar-refractivity contribution in [2.75, 3.05) is 38.2 Å². The number of amides is 1. The van der Waals surface area contributed by atoms with Crippen LogP contribution in [0, 0.1) is 0 Å². The van der Waals surface area contributed by atoms with Crippen LogP contribution >= 0.6 is 0 Å². The summed E-state index contributed by atoms with van der Waals surface area (Å²) in [5, 5.41) is 1.04. The fourth-order valence-corrected chi connectivity index (χ4v) is 3.37. The number of carbonyl (C=O) groups excluding carboxylic acids is 1. The third kappa shape index (κ3) is 2.85. The fraction of sp³-hybridized carbons (Fsp3) is 0.316. The Hall–Kier alpha value is -3.09. The van der Waals surface area contributed by atoms with Crippen LogP contribution < -0.4 is 9.64 Å². The van der Waals surface area contributed by atoms with Gasteiger partial charge in [0.2, 0.25) is 5.95 Å². The first-order valence-electron chi connectivity index (χ1n) is 8.62. The lowest BCUT2D eigenvalue weighted by Crippen LogP contribution is -2.49. The largest absolute Gasteiger partial charge is 0.497 e. The Labute approximate surface area is 151 Å². The number of piperazine rings is 1. The van der Waals surface area contributed by atoms with E-state index < -0.39 is 0 Å². The molecule has 7 nitrogen and oxygen atoms in total. The summed E-state index contributed by atoms with van der Waals surface area (Å²) in [4.78, 5) is 25.6. The average Bonchev–Trinajstić information content (AvgIpc) is 3.04. The number of ether oxygens (including phenoxy) is 1. The van der Waals surface area contributed by atoms with E-state index in [2.05, 4.69) is 14.9 Å². The maximum absolute atomic E-state index is 13.0. The maximum Gasteiger partial charge on any atom is 0.270 e. The monoisotopic (exact) mass is 351 g/mol. The number of hydrogen-bond acceptors (Lipinski definition) is 5. The molecule has 1 aromatic carbocycles. The molecule has 0 spiro atoms. The summed E-state index contributed by atoms with van der Waals surface area (Å²) in [5.41, 5.74) is 1.68. The van der Waals surface area contributed by atoms with Crippen molar-refractivity contribution in [1.29, 1.82) is 0 Å². The molecule has 1 aliphatic heterocycles. The van der Waals surface area contributed by atoms with Crippen LogP contribution in [0.2, 0.25) is 0 Å². The van der Waals surface area contributed by atoms with E-state index in [1.807, 2.05) is 40.8 Å². The number of aryl methyl sites for hydroxylation is 1. The lowest BCUT2D eigenvalue weighted by Gasteiger charge is -2.34. The van der Waals surface area contributed by atoms with Gasteiger partial charge < -0.3 is 19.1 Å². The SMILES string of the molecule is COc1ccc2cc(C(=O)N3CCN(c4ncccn4)CC3)n(C)c2c1. The van der Waals surface area contributed by atoms with Crippen molar-refractivity contribution < 1.29 is 9.53 Å². The molecule has 3 aromatic rings. The zero-order valence-corrected chi connectivity index (χ0v) is 14.9. The summed E-state index contributed by atoms with van der Waals surface area (Å²) in [6, 6.07) is 9.60. The molecule has 4 rings (SSSR count). The van der Waals surface area contributed by atoms with Crippen molar-refractivity contribution >= 4 is 22.8 Å². The summed E-state index contributed by atoms with van der Waals surface area (Å²) in [6.45, 7) is 2.77. The van der Waals surface area contributed by atoms with Gasteiger partial charge >= 0.3 is 0 Å². The quantitative estimate of drug-likeness (QED) is 0.722. The van der Waals surface area contributed by atoms with Crippen molar-refractivity contribution in [1.82, 2.24) is 19.4 Å². The van der Waals surface area contributed by atoms with Crippen LogP contribution in [0.3, 0.4) is 0 Å². The normalized spacial score (nSPS) is 14.7. The molecule has 1 aliphatic rings. The van der Waals surface area contributed by atoms with Gasteiger partial charge in [-0.3, -0.25) is 4.79 Å². The second-order valence-corrected chi connectivity index (χ2v) is 6.34. The number of methoxy groups -OCH3 is 1. The van der Waals surface area contributed by atoms with Crippen LogP contribution in [0.1, 0.15) is 10.5 Å². The van der Waals surface area contributed by atoms with Crippen molar-refractivity contribution in [2.24, 2.45) is 7.05 Å². The maximum atomic E-state index is 13.0. The average molecular weight is 351 g/mol. The van der Waals surface area contributed by atoms with Crippen molar-refractivity contribution in [3.8, 4) is 5.75 Å². The minimum atomic E-state index is 0.0521. The van der Waals surface area contributed by atoms with E-state index in [1.54, 1.807) is 25.6 Å². The molecule has 26 heavy (non-hydrogen) atoms. The summed E-state index contributed by atoms with van der Waals surface area (Å²) < 4.78 is 7.23. The lowest BCUT2D eigenvalue weighted by molar-refractivity contribution is 0.0737. The van der Waals surface area contributed by atoms with Gasteiger partial charge in [0.1, 0.15) is 11.4 Å². The molecule has 0 radical (unpaired) electrons. The van der Waals surface area contributed by atoms with Gasteiger partial charge in [-0.15, -0.1) is 0 Å². The highest BCUT2D eigenvalue weighted by Crippen LogP contribution is 2.25. The lowest BCUT2D eigenvalue weighted by atomic mass is 10.2. The smallest absolute Gasteiger partial charge is 0.270 e. The molecule has 2 aromatic heterocycles. The molecule has 1 fully saturated rings. The highest BCUT2D eigenvalue weighted by Gasteiger charge is 2.25. The van der Waals surface area contributed by atoms with E-state index in [-0.39, 0.29) is 5.91 Å². The number of fused-ring (bicyclic) bond motifs is 1. The van der Waals surface area contributed by atoms with Crippen molar-refractivity contribution in [2.45, 2.75) is 0 Å². The number of rotatable bonds is 3. The molecule has 0 aliphatic carbocycles. The summed E-state index contributed by atoms with van der Waals surface area (Å²) in [7, 11) is 3.56.